The zero-order valence-corrected chi connectivity index (χ0v) is 7.67. The van der Waals surface area contributed by atoms with Crippen LogP contribution < -0.4 is 5.73 Å². The summed E-state index contributed by atoms with van der Waals surface area (Å²) < 4.78 is 0.497. The van der Waals surface area contributed by atoms with Gasteiger partial charge in [0, 0.05) is 17.8 Å². The van der Waals surface area contributed by atoms with Gasteiger partial charge in [-0.2, -0.15) is 0 Å². The van der Waals surface area contributed by atoms with Gasteiger partial charge in [0.25, 0.3) is 0 Å². The summed E-state index contributed by atoms with van der Waals surface area (Å²) in [5, 5.41) is 8.51. The van der Waals surface area contributed by atoms with Gasteiger partial charge in [-0.1, -0.05) is 18.3 Å². The van der Waals surface area contributed by atoms with E-state index in [1.165, 1.54) is 0 Å². The highest BCUT2D eigenvalue weighted by atomic mass is 32.1. The van der Waals surface area contributed by atoms with Gasteiger partial charge in [0.2, 0.25) is 0 Å². The van der Waals surface area contributed by atoms with Crippen molar-refractivity contribution in [2.45, 2.75) is 12.5 Å². The van der Waals surface area contributed by atoms with Crippen LogP contribution in [0.25, 0.3) is 0 Å². The second kappa shape index (κ2) is 4.15. The third-order valence-electron chi connectivity index (χ3n) is 1.64. The molecule has 0 saturated carbocycles. The van der Waals surface area contributed by atoms with Gasteiger partial charge in [-0.05, 0) is 6.07 Å². The molecule has 4 N–H and O–H groups in total. The molecule has 0 saturated heterocycles. The highest BCUT2D eigenvalue weighted by molar-refractivity contribution is 7.71. The van der Waals surface area contributed by atoms with Gasteiger partial charge in [-0.25, -0.2) is 0 Å². The summed E-state index contributed by atoms with van der Waals surface area (Å²) in [7, 11) is 0. The third kappa shape index (κ3) is 2.64. The lowest BCUT2D eigenvalue weighted by Gasteiger charge is -2.08. The zero-order chi connectivity index (χ0) is 9.84. The molecule has 5 heteroatoms. The number of carboxylic acid groups (broad SMARTS) is 1. The Morgan fingerprint density at radius 3 is 3.00 bits per heavy atom. The topological polar surface area (TPSA) is 79.1 Å². The van der Waals surface area contributed by atoms with Crippen LogP contribution in [0.3, 0.4) is 0 Å². The van der Waals surface area contributed by atoms with Gasteiger partial charge in [0.15, 0.2) is 0 Å². The fourth-order valence-electron chi connectivity index (χ4n) is 1.02. The summed E-state index contributed by atoms with van der Waals surface area (Å²) in [6, 6.07) is 2.93. The van der Waals surface area contributed by atoms with Crippen molar-refractivity contribution >= 4 is 18.2 Å². The van der Waals surface area contributed by atoms with E-state index in [9.17, 15) is 4.79 Å². The van der Waals surface area contributed by atoms with Crippen LogP contribution in [0.2, 0.25) is 0 Å². The molecule has 0 amide bonds. The molecule has 1 atom stereocenters. The van der Waals surface area contributed by atoms with Gasteiger partial charge in [-0.15, -0.1) is 0 Å². The average Bonchev–Trinajstić information content (AvgIpc) is 2.03. The Kier molecular flexibility index (Phi) is 3.16. The van der Waals surface area contributed by atoms with Crippen molar-refractivity contribution < 1.29 is 9.90 Å². The second-order valence-electron chi connectivity index (χ2n) is 2.66. The Morgan fingerprint density at radius 2 is 2.46 bits per heavy atom. The number of nitrogens with one attached hydrogen (secondary N) is 1. The number of hydrogen-bond donors (Lipinski definition) is 3. The van der Waals surface area contributed by atoms with E-state index < -0.39 is 12.0 Å². The maximum Gasteiger partial charge on any atom is 0.305 e. The molecule has 4 nitrogen and oxygen atoms in total. The summed E-state index contributed by atoms with van der Waals surface area (Å²) >= 11 is 4.95. The number of pyridine rings is 1. The molecule has 70 valence electrons. The van der Waals surface area contributed by atoms with Crippen LogP contribution in [0.1, 0.15) is 18.0 Å². The number of nitrogens with two attached hydrogens (primary N) is 1. The molecule has 0 aliphatic heterocycles. The number of carbonyl (C=O) groups is 1. The highest BCUT2D eigenvalue weighted by Crippen LogP contribution is 2.13. The van der Waals surface area contributed by atoms with Crippen LogP contribution in [0, 0.1) is 4.64 Å². The van der Waals surface area contributed by atoms with Crippen LogP contribution in [0.4, 0.5) is 0 Å². The number of hydrogen-bond acceptors (Lipinski definition) is 3. The predicted molar refractivity (Wildman–Crippen MR) is 50.8 cm³/mol. The van der Waals surface area contributed by atoms with Crippen LogP contribution >= 0.6 is 12.2 Å². The Morgan fingerprint density at radius 1 is 1.77 bits per heavy atom. The number of aromatic amines is 1. The van der Waals surface area contributed by atoms with Crippen LogP contribution in [-0.4, -0.2) is 16.1 Å². The lowest BCUT2D eigenvalue weighted by molar-refractivity contribution is -0.137. The number of aliphatic carboxylic acids is 1. The fraction of sp³-hybridized carbons (Fsp3) is 0.250. The SMILES string of the molecule is NC(CC(=O)O)c1ccc[nH]c1=S. The number of aromatic nitrogens is 1. The van der Waals surface area contributed by atoms with Gasteiger partial charge < -0.3 is 15.8 Å². The number of H-pyrrole nitrogens is 1. The van der Waals surface area contributed by atoms with Crippen LogP contribution in [0.5, 0.6) is 0 Å². The van der Waals surface area contributed by atoms with E-state index >= 15 is 0 Å². The Labute approximate surface area is 80.4 Å². The third-order valence-corrected chi connectivity index (χ3v) is 2.00. The van der Waals surface area contributed by atoms with Crippen molar-refractivity contribution in [2.75, 3.05) is 0 Å². The highest BCUT2D eigenvalue weighted by Gasteiger charge is 2.11. The van der Waals surface area contributed by atoms with E-state index in [4.69, 9.17) is 23.1 Å². The first kappa shape index (κ1) is 9.88. The smallest absolute Gasteiger partial charge is 0.305 e. The van der Waals surface area contributed by atoms with Crippen LogP contribution in [-0.2, 0) is 4.79 Å². The van der Waals surface area contributed by atoms with Crippen molar-refractivity contribution in [3.05, 3.63) is 28.5 Å². The van der Waals surface area contributed by atoms with Crippen molar-refractivity contribution in [2.24, 2.45) is 5.73 Å². The van der Waals surface area contributed by atoms with Crippen molar-refractivity contribution in [3.8, 4) is 0 Å². The second-order valence-corrected chi connectivity index (χ2v) is 3.07. The fourth-order valence-corrected chi connectivity index (χ4v) is 1.31. The maximum atomic E-state index is 10.4. The summed E-state index contributed by atoms with van der Waals surface area (Å²) in [5.74, 6) is -0.925. The quantitative estimate of drug-likeness (QED) is 0.638. The summed E-state index contributed by atoms with van der Waals surface area (Å²) in [5.41, 5.74) is 6.30. The standard InChI is InChI=1S/C8H10N2O2S/c9-6(4-7(11)12)5-2-1-3-10-8(5)13/h1-3,6H,4,9H2,(H,10,13)(H,11,12). The first-order valence-electron chi connectivity index (χ1n) is 3.76. The molecule has 0 fully saturated rings. The molecule has 1 heterocycles. The van der Waals surface area contributed by atoms with Gasteiger partial charge in [0.1, 0.15) is 4.64 Å². The maximum absolute atomic E-state index is 10.4. The molecule has 0 aliphatic rings. The number of rotatable bonds is 3. The van der Waals surface area contributed by atoms with E-state index in [0.29, 0.717) is 10.2 Å². The minimum atomic E-state index is -0.925. The van der Waals surface area contributed by atoms with Crippen LogP contribution in [0.15, 0.2) is 18.3 Å². The molecule has 1 rings (SSSR count). The lowest BCUT2D eigenvalue weighted by atomic mass is 10.1. The first-order valence-corrected chi connectivity index (χ1v) is 4.17. The van der Waals surface area contributed by atoms with Crippen molar-refractivity contribution in [3.63, 3.8) is 0 Å². The molecular formula is C8H10N2O2S. The van der Waals surface area contributed by atoms with E-state index in [1.807, 2.05) is 0 Å². The average molecular weight is 198 g/mol. The zero-order valence-electron chi connectivity index (χ0n) is 6.86. The summed E-state index contributed by atoms with van der Waals surface area (Å²) in [4.78, 5) is 13.2. The number of carboxylic acids is 1. The molecule has 1 aromatic rings. The molecule has 1 aromatic heterocycles. The van der Waals surface area contributed by atoms with Gasteiger partial charge in [-0.3, -0.25) is 4.79 Å². The molecule has 0 radical (unpaired) electrons. The van der Waals surface area contributed by atoms with Gasteiger partial charge in [0.05, 0.1) is 6.42 Å². The van der Waals surface area contributed by atoms with Crippen molar-refractivity contribution in [1.82, 2.24) is 4.98 Å². The van der Waals surface area contributed by atoms with E-state index in [1.54, 1.807) is 18.3 Å². The first-order chi connectivity index (χ1) is 6.11. The van der Waals surface area contributed by atoms with E-state index in [0.717, 1.165) is 0 Å². The largest absolute Gasteiger partial charge is 0.481 e. The Bertz CT molecular complexity index is 361. The Hall–Kier alpha value is -1.20. The Balaban J connectivity index is 2.89. The molecule has 13 heavy (non-hydrogen) atoms. The predicted octanol–water partition coefficient (Wildman–Crippen LogP) is 1.22. The van der Waals surface area contributed by atoms with Gasteiger partial charge >= 0.3 is 5.97 Å². The summed E-state index contributed by atoms with van der Waals surface area (Å²) in [6.07, 6.45) is 1.57. The normalized spacial score (nSPS) is 12.4. The minimum absolute atomic E-state index is 0.110. The minimum Gasteiger partial charge on any atom is -0.481 e. The van der Waals surface area contributed by atoms with E-state index in [-0.39, 0.29) is 6.42 Å². The molecule has 0 bridgehead atoms. The summed E-state index contributed by atoms with van der Waals surface area (Å²) in [6.45, 7) is 0. The molecule has 0 aliphatic carbocycles. The molecule has 0 spiro atoms. The van der Waals surface area contributed by atoms with Crippen molar-refractivity contribution in [1.29, 1.82) is 0 Å². The monoisotopic (exact) mass is 198 g/mol. The molecule has 1 unspecified atom stereocenters. The molecule has 0 aromatic carbocycles. The lowest BCUT2D eigenvalue weighted by Crippen LogP contribution is -2.15. The molecular weight excluding hydrogens is 188 g/mol. The van der Waals surface area contributed by atoms with E-state index in [2.05, 4.69) is 4.98 Å².